The second kappa shape index (κ2) is 8.09. The van der Waals surface area contributed by atoms with Gasteiger partial charge in [0.15, 0.2) is 0 Å². The summed E-state index contributed by atoms with van der Waals surface area (Å²) in [5, 5.41) is 0. The number of rotatable bonds is 4. The van der Waals surface area contributed by atoms with Gasteiger partial charge in [0.05, 0.1) is 0 Å². The Morgan fingerprint density at radius 3 is 2.40 bits per heavy atom. The van der Waals surface area contributed by atoms with Crippen LogP contribution in [-0.4, -0.2) is 5.54 Å². The summed E-state index contributed by atoms with van der Waals surface area (Å²) in [5.41, 5.74) is 12.2. The van der Waals surface area contributed by atoms with Crippen LogP contribution >= 0.6 is 0 Å². The van der Waals surface area contributed by atoms with Gasteiger partial charge in [0.25, 0.3) is 0 Å². The predicted octanol–water partition coefficient (Wildman–Crippen LogP) is 7.91. The van der Waals surface area contributed by atoms with Crippen molar-refractivity contribution < 1.29 is 0 Å². The van der Waals surface area contributed by atoms with Crippen LogP contribution in [0.4, 0.5) is 0 Å². The fraction of sp³-hybridized carbons (Fsp3) is 0.862. The zero-order chi connectivity index (χ0) is 21.8. The molecule has 3 saturated carbocycles. The monoisotopic (exact) mass is 411 g/mol. The van der Waals surface area contributed by atoms with E-state index in [4.69, 9.17) is 5.73 Å². The fourth-order valence-electron chi connectivity index (χ4n) is 8.91. The number of nitrogens with two attached hydrogens (primary N) is 1. The van der Waals surface area contributed by atoms with Crippen LogP contribution in [0, 0.1) is 46.8 Å². The Kier molecular flexibility index (Phi) is 6.10. The molecule has 1 nitrogen and oxygen atoms in total. The smallest absolute Gasteiger partial charge is 0.0418 e. The molecule has 0 amide bonds. The highest BCUT2D eigenvalue weighted by Gasteiger charge is 2.52. The molecule has 0 heterocycles. The van der Waals surface area contributed by atoms with Crippen molar-refractivity contribution in [1.82, 2.24) is 0 Å². The number of allylic oxidation sites excluding steroid dienone is 1. The van der Waals surface area contributed by atoms with E-state index in [1.54, 1.807) is 11.1 Å². The van der Waals surface area contributed by atoms with Crippen LogP contribution in [0.2, 0.25) is 0 Å². The molecule has 1 heteroatoms. The van der Waals surface area contributed by atoms with Gasteiger partial charge in [-0.05, 0) is 115 Å². The molecule has 4 aliphatic carbocycles. The second-order valence-electron chi connectivity index (χ2n) is 13.0. The van der Waals surface area contributed by atoms with E-state index in [1.807, 2.05) is 0 Å². The third-order valence-electron chi connectivity index (χ3n) is 10.3. The molecule has 7 atom stereocenters. The summed E-state index contributed by atoms with van der Waals surface area (Å²) >= 11 is 0. The highest BCUT2D eigenvalue weighted by Crippen LogP contribution is 2.59. The van der Waals surface area contributed by atoms with Crippen LogP contribution in [-0.2, 0) is 0 Å². The van der Waals surface area contributed by atoms with E-state index < -0.39 is 0 Å². The van der Waals surface area contributed by atoms with Gasteiger partial charge in [-0.3, -0.25) is 0 Å². The van der Waals surface area contributed by atoms with E-state index >= 15 is 0 Å². The Morgan fingerprint density at radius 2 is 1.73 bits per heavy atom. The lowest BCUT2D eigenvalue weighted by Gasteiger charge is -2.52. The summed E-state index contributed by atoms with van der Waals surface area (Å²) in [7, 11) is 0. The van der Waals surface area contributed by atoms with Gasteiger partial charge in [-0.15, -0.1) is 0 Å². The molecule has 0 aromatic heterocycles. The minimum absolute atomic E-state index is 0.0666. The predicted molar refractivity (Wildman–Crippen MR) is 130 cm³/mol. The summed E-state index contributed by atoms with van der Waals surface area (Å²) < 4.78 is 0. The van der Waals surface area contributed by atoms with Gasteiger partial charge in [0.2, 0.25) is 0 Å². The SMILES string of the molecule is C=C1CC2(N)CCC3C(CC[C@H](C)C3CCC3C(C)CCCC3(C)C)C2=C1C(C)C. The van der Waals surface area contributed by atoms with Crippen molar-refractivity contribution in [3.05, 3.63) is 23.3 Å². The first-order valence-corrected chi connectivity index (χ1v) is 13.3. The molecule has 4 rings (SSSR count). The van der Waals surface area contributed by atoms with Crippen molar-refractivity contribution in [3.8, 4) is 0 Å². The lowest BCUT2D eigenvalue weighted by atomic mass is 9.54. The molecule has 3 fully saturated rings. The molecule has 0 aliphatic heterocycles. The molecule has 170 valence electrons. The molecule has 0 spiro atoms. The highest BCUT2D eigenvalue weighted by atomic mass is 14.8. The van der Waals surface area contributed by atoms with Crippen LogP contribution < -0.4 is 5.73 Å². The van der Waals surface area contributed by atoms with Crippen LogP contribution in [0.5, 0.6) is 0 Å². The van der Waals surface area contributed by atoms with E-state index in [2.05, 4.69) is 48.1 Å². The Morgan fingerprint density at radius 1 is 1.00 bits per heavy atom. The van der Waals surface area contributed by atoms with Crippen molar-refractivity contribution in [2.45, 2.75) is 111 Å². The molecule has 30 heavy (non-hydrogen) atoms. The quantitative estimate of drug-likeness (QED) is 0.499. The molecule has 0 aromatic carbocycles. The summed E-state index contributed by atoms with van der Waals surface area (Å²) in [5.74, 6) is 5.76. The van der Waals surface area contributed by atoms with Gasteiger partial charge in [-0.1, -0.05) is 61.0 Å². The minimum Gasteiger partial charge on any atom is -0.321 e. The van der Waals surface area contributed by atoms with E-state index in [9.17, 15) is 0 Å². The molecule has 6 unspecified atom stereocenters. The highest BCUT2D eigenvalue weighted by molar-refractivity contribution is 5.50. The summed E-state index contributed by atoms with van der Waals surface area (Å²) in [6.45, 7) is 19.4. The molecular weight excluding hydrogens is 362 g/mol. The molecule has 0 saturated heterocycles. The van der Waals surface area contributed by atoms with E-state index in [-0.39, 0.29) is 5.54 Å². The molecule has 0 bridgehead atoms. The summed E-state index contributed by atoms with van der Waals surface area (Å²) in [6.07, 6.45) is 13.5. The average Bonchev–Trinajstić information content (AvgIpc) is 2.92. The number of fused-ring (bicyclic) bond motifs is 3. The molecule has 0 aromatic rings. The maximum Gasteiger partial charge on any atom is 0.0418 e. The van der Waals surface area contributed by atoms with Gasteiger partial charge in [-0.25, -0.2) is 0 Å². The molecule has 2 N–H and O–H groups in total. The lowest BCUT2D eigenvalue weighted by molar-refractivity contribution is 0.0338. The van der Waals surface area contributed by atoms with Crippen LogP contribution in [0.1, 0.15) is 106 Å². The standard InChI is InChI=1S/C29H49N/c1-18(2)26-21(5)17-29(30)16-14-23-22(19(3)10-11-24(23)27(26)29)12-13-25-20(4)9-8-15-28(25,6)7/h18-20,22-25H,5,8-17,30H2,1-4,6-7H3/t19-,20?,22?,23?,24?,25?,29?/m0/s1. The number of hydrogen-bond donors (Lipinski definition) is 1. The maximum absolute atomic E-state index is 7.10. The lowest BCUT2D eigenvalue weighted by Crippen LogP contribution is -2.51. The Labute approximate surface area is 187 Å². The topological polar surface area (TPSA) is 26.0 Å². The largest absolute Gasteiger partial charge is 0.321 e. The third-order valence-corrected chi connectivity index (χ3v) is 10.3. The van der Waals surface area contributed by atoms with E-state index in [0.717, 1.165) is 41.9 Å². The first-order valence-electron chi connectivity index (χ1n) is 13.3. The van der Waals surface area contributed by atoms with Gasteiger partial charge in [0, 0.05) is 5.54 Å². The van der Waals surface area contributed by atoms with Gasteiger partial charge in [0.1, 0.15) is 0 Å². The summed E-state index contributed by atoms with van der Waals surface area (Å²) in [6, 6.07) is 0. The van der Waals surface area contributed by atoms with Crippen molar-refractivity contribution in [2.75, 3.05) is 0 Å². The third kappa shape index (κ3) is 3.76. The van der Waals surface area contributed by atoms with Crippen molar-refractivity contribution in [3.63, 3.8) is 0 Å². The van der Waals surface area contributed by atoms with Crippen LogP contribution in [0.25, 0.3) is 0 Å². The number of hydrogen-bond acceptors (Lipinski definition) is 1. The van der Waals surface area contributed by atoms with E-state index in [0.29, 0.717) is 11.3 Å². The Hall–Kier alpha value is -0.560. The van der Waals surface area contributed by atoms with Crippen LogP contribution in [0.3, 0.4) is 0 Å². The maximum atomic E-state index is 7.10. The molecule has 0 radical (unpaired) electrons. The zero-order valence-corrected chi connectivity index (χ0v) is 20.9. The van der Waals surface area contributed by atoms with Crippen molar-refractivity contribution >= 4 is 0 Å². The van der Waals surface area contributed by atoms with Crippen molar-refractivity contribution in [2.24, 2.45) is 52.6 Å². The summed E-state index contributed by atoms with van der Waals surface area (Å²) in [4.78, 5) is 0. The van der Waals surface area contributed by atoms with Gasteiger partial charge < -0.3 is 5.73 Å². The van der Waals surface area contributed by atoms with E-state index in [1.165, 1.54) is 63.4 Å². The zero-order valence-electron chi connectivity index (χ0n) is 20.9. The fourth-order valence-corrected chi connectivity index (χ4v) is 8.91. The molecular formula is C29H49N. The molecule has 4 aliphatic rings. The first-order chi connectivity index (χ1) is 14.0. The van der Waals surface area contributed by atoms with Gasteiger partial charge >= 0.3 is 0 Å². The Balaban J connectivity index is 1.57. The van der Waals surface area contributed by atoms with Gasteiger partial charge in [-0.2, -0.15) is 0 Å². The minimum atomic E-state index is -0.0666. The first kappa shape index (κ1) is 22.6. The average molecular weight is 412 g/mol. The van der Waals surface area contributed by atoms with Crippen molar-refractivity contribution in [1.29, 1.82) is 0 Å². The normalized spacial score (nSPS) is 43.7. The Bertz CT molecular complexity index is 697. The van der Waals surface area contributed by atoms with Crippen LogP contribution in [0.15, 0.2) is 23.3 Å². The second-order valence-corrected chi connectivity index (χ2v) is 13.0.